The zero-order valence-electron chi connectivity index (χ0n) is 10.5. The number of benzene rings is 2. The van der Waals surface area contributed by atoms with Gasteiger partial charge in [0.1, 0.15) is 0 Å². The van der Waals surface area contributed by atoms with Crippen molar-refractivity contribution in [2.45, 2.75) is 6.54 Å². The van der Waals surface area contributed by atoms with Gasteiger partial charge in [0.05, 0.1) is 12.9 Å². The predicted molar refractivity (Wildman–Crippen MR) is 82.8 cm³/mol. The molecule has 0 bridgehead atoms. The van der Waals surface area contributed by atoms with Crippen molar-refractivity contribution in [1.82, 2.24) is 9.55 Å². The molecule has 0 radical (unpaired) electrons. The van der Waals surface area contributed by atoms with Gasteiger partial charge in [-0.05, 0) is 17.5 Å². The number of nitrogens with zero attached hydrogens (tertiary/aromatic N) is 2. The van der Waals surface area contributed by atoms with Crippen LogP contribution in [0.1, 0.15) is 10.4 Å². The fourth-order valence-electron chi connectivity index (χ4n) is 2.14. The number of ketones is 1. The summed E-state index contributed by atoms with van der Waals surface area (Å²) in [6.45, 7) is 0.283. The standard InChI is InChI=1S/C15H11ClN2O.ClH/c16-14-6-5-13(11-3-1-2-4-12(11)14)15(19)9-18-8-7-17-10-18;/h1-8,10H,9H2;1H. The molecule has 0 saturated heterocycles. The molecule has 3 rings (SSSR count). The molecule has 5 heteroatoms. The van der Waals surface area contributed by atoms with Crippen molar-refractivity contribution in [2.75, 3.05) is 0 Å². The van der Waals surface area contributed by atoms with Crippen LogP contribution in [0.25, 0.3) is 10.8 Å². The van der Waals surface area contributed by atoms with Crippen LogP contribution >= 0.6 is 24.0 Å². The second-order valence-corrected chi connectivity index (χ2v) is 4.71. The number of Topliss-reactive ketones (excluding diaryl/α,β-unsaturated/α-hetero) is 1. The lowest BCUT2D eigenvalue weighted by atomic mass is 10.0. The molecule has 0 saturated carbocycles. The molecule has 20 heavy (non-hydrogen) atoms. The Kier molecular flexibility index (Phi) is 4.42. The van der Waals surface area contributed by atoms with Crippen molar-refractivity contribution in [1.29, 1.82) is 0 Å². The Balaban J connectivity index is 0.00000147. The number of fused-ring (bicyclic) bond motifs is 1. The fourth-order valence-corrected chi connectivity index (χ4v) is 2.36. The van der Waals surface area contributed by atoms with Gasteiger partial charge in [-0.3, -0.25) is 4.79 Å². The van der Waals surface area contributed by atoms with Gasteiger partial charge in [0.15, 0.2) is 5.78 Å². The molecule has 0 fully saturated rings. The van der Waals surface area contributed by atoms with E-state index in [1.807, 2.05) is 24.3 Å². The zero-order valence-corrected chi connectivity index (χ0v) is 12.1. The first-order chi connectivity index (χ1) is 9.25. The number of halogens is 2. The number of hydrogen-bond acceptors (Lipinski definition) is 2. The highest BCUT2D eigenvalue weighted by Gasteiger charge is 2.11. The molecular formula is C15H12Cl2N2O. The molecular weight excluding hydrogens is 295 g/mol. The summed E-state index contributed by atoms with van der Waals surface area (Å²) in [4.78, 5) is 16.3. The van der Waals surface area contributed by atoms with E-state index in [9.17, 15) is 4.79 Å². The minimum absolute atomic E-state index is 0. The van der Waals surface area contributed by atoms with E-state index in [0.29, 0.717) is 10.6 Å². The van der Waals surface area contributed by atoms with Crippen molar-refractivity contribution in [3.8, 4) is 0 Å². The molecule has 0 aliphatic carbocycles. The number of rotatable bonds is 3. The van der Waals surface area contributed by atoms with Crippen LogP contribution in [0.5, 0.6) is 0 Å². The summed E-state index contributed by atoms with van der Waals surface area (Å²) in [5.41, 5.74) is 0.689. The van der Waals surface area contributed by atoms with Crippen LogP contribution in [-0.2, 0) is 6.54 Å². The summed E-state index contributed by atoms with van der Waals surface area (Å²) in [7, 11) is 0. The molecule has 0 N–H and O–H groups in total. The Bertz CT molecular complexity index is 739. The van der Waals surface area contributed by atoms with Gasteiger partial charge in [-0.2, -0.15) is 0 Å². The maximum absolute atomic E-state index is 12.3. The quantitative estimate of drug-likeness (QED) is 0.686. The van der Waals surface area contributed by atoms with Crippen LogP contribution in [0.2, 0.25) is 5.02 Å². The van der Waals surface area contributed by atoms with Crippen LogP contribution in [0, 0.1) is 0 Å². The van der Waals surface area contributed by atoms with Gasteiger partial charge in [0.25, 0.3) is 0 Å². The van der Waals surface area contributed by atoms with E-state index in [4.69, 9.17) is 11.6 Å². The fraction of sp³-hybridized carbons (Fsp3) is 0.0667. The zero-order chi connectivity index (χ0) is 13.2. The lowest BCUT2D eigenvalue weighted by Crippen LogP contribution is -2.09. The molecule has 0 amide bonds. The van der Waals surface area contributed by atoms with Gasteiger partial charge in [-0.25, -0.2) is 4.98 Å². The smallest absolute Gasteiger partial charge is 0.183 e. The van der Waals surface area contributed by atoms with Crippen LogP contribution < -0.4 is 0 Å². The SMILES string of the molecule is Cl.O=C(Cn1ccnc1)c1ccc(Cl)c2ccccc12. The summed E-state index contributed by atoms with van der Waals surface area (Å²) >= 11 is 6.15. The van der Waals surface area contributed by atoms with Crippen molar-refractivity contribution >= 4 is 40.6 Å². The molecule has 2 aromatic carbocycles. The van der Waals surface area contributed by atoms with Crippen molar-refractivity contribution in [3.63, 3.8) is 0 Å². The largest absolute Gasteiger partial charge is 0.330 e. The molecule has 0 unspecified atom stereocenters. The molecule has 0 aliphatic heterocycles. The first-order valence-corrected chi connectivity index (χ1v) is 6.30. The highest BCUT2D eigenvalue weighted by Crippen LogP contribution is 2.26. The van der Waals surface area contributed by atoms with Gasteiger partial charge in [-0.15, -0.1) is 12.4 Å². The highest BCUT2D eigenvalue weighted by atomic mass is 35.5. The Morgan fingerprint density at radius 3 is 2.60 bits per heavy atom. The predicted octanol–water partition coefficient (Wildman–Crippen LogP) is 3.99. The summed E-state index contributed by atoms with van der Waals surface area (Å²) < 4.78 is 1.76. The highest BCUT2D eigenvalue weighted by molar-refractivity contribution is 6.36. The van der Waals surface area contributed by atoms with Crippen LogP contribution in [0.4, 0.5) is 0 Å². The minimum Gasteiger partial charge on any atom is -0.330 e. The average molecular weight is 307 g/mol. The second-order valence-electron chi connectivity index (χ2n) is 4.30. The Hall–Kier alpha value is -1.84. The average Bonchev–Trinajstić information content (AvgIpc) is 2.92. The van der Waals surface area contributed by atoms with Crippen molar-refractivity contribution in [3.05, 3.63) is 65.7 Å². The molecule has 1 heterocycles. The molecule has 3 nitrogen and oxygen atoms in total. The van der Waals surface area contributed by atoms with E-state index in [-0.39, 0.29) is 24.7 Å². The molecule has 0 spiro atoms. The van der Waals surface area contributed by atoms with E-state index < -0.39 is 0 Å². The van der Waals surface area contributed by atoms with Gasteiger partial charge < -0.3 is 4.57 Å². The summed E-state index contributed by atoms with van der Waals surface area (Å²) in [6.07, 6.45) is 5.07. The van der Waals surface area contributed by atoms with E-state index in [0.717, 1.165) is 10.8 Å². The van der Waals surface area contributed by atoms with Gasteiger partial charge in [0, 0.05) is 28.4 Å². The molecule has 0 aliphatic rings. The van der Waals surface area contributed by atoms with Crippen LogP contribution in [0.15, 0.2) is 55.1 Å². The minimum atomic E-state index is 0. The molecule has 0 atom stereocenters. The lowest BCUT2D eigenvalue weighted by Gasteiger charge is -2.07. The molecule has 102 valence electrons. The topological polar surface area (TPSA) is 34.9 Å². The Morgan fingerprint density at radius 2 is 1.90 bits per heavy atom. The van der Waals surface area contributed by atoms with Gasteiger partial charge in [0.2, 0.25) is 0 Å². The number of hydrogen-bond donors (Lipinski definition) is 0. The first-order valence-electron chi connectivity index (χ1n) is 5.92. The van der Waals surface area contributed by atoms with Crippen molar-refractivity contribution < 1.29 is 4.79 Å². The van der Waals surface area contributed by atoms with Crippen LogP contribution in [0.3, 0.4) is 0 Å². The van der Waals surface area contributed by atoms with E-state index in [2.05, 4.69) is 4.98 Å². The first kappa shape index (κ1) is 14.6. The van der Waals surface area contributed by atoms with Gasteiger partial charge >= 0.3 is 0 Å². The second kappa shape index (κ2) is 6.07. The number of carbonyl (C=O) groups excluding carboxylic acids is 1. The third-order valence-corrected chi connectivity index (χ3v) is 3.39. The maximum Gasteiger partial charge on any atom is 0.183 e. The molecule has 1 aromatic heterocycles. The summed E-state index contributed by atoms with van der Waals surface area (Å²) in [5.74, 6) is 0.0471. The van der Waals surface area contributed by atoms with E-state index in [1.165, 1.54) is 0 Å². The third-order valence-electron chi connectivity index (χ3n) is 3.06. The Morgan fingerprint density at radius 1 is 1.15 bits per heavy atom. The maximum atomic E-state index is 12.3. The van der Waals surface area contributed by atoms with E-state index >= 15 is 0 Å². The number of imidazole rings is 1. The number of aromatic nitrogens is 2. The van der Waals surface area contributed by atoms with Crippen molar-refractivity contribution in [2.24, 2.45) is 0 Å². The number of carbonyl (C=O) groups is 1. The third kappa shape index (κ3) is 2.69. The monoisotopic (exact) mass is 306 g/mol. The summed E-state index contributed by atoms with van der Waals surface area (Å²) in [5, 5.41) is 2.45. The summed E-state index contributed by atoms with van der Waals surface area (Å²) in [6, 6.07) is 11.2. The van der Waals surface area contributed by atoms with Gasteiger partial charge in [-0.1, -0.05) is 35.9 Å². The van der Waals surface area contributed by atoms with E-state index in [1.54, 1.807) is 35.4 Å². The normalized spacial score (nSPS) is 10.2. The van der Waals surface area contributed by atoms with Crippen LogP contribution in [-0.4, -0.2) is 15.3 Å². The molecule has 3 aromatic rings. The lowest BCUT2D eigenvalue weighted by molar-refractivity contribution is 0.0973. The Labute approximate surface area is 127 Å².